The minimum atomic E-state index is -4.48. The number of nitrogens with one attached hydrogen (secondary N) is 1. The molecule has 0 aliphatic heterocycles. The minimum absolute atomic E-state index is 0.197. The summed E-state index contributed by atoms with van der Waals surface area (Å²) in [4.78, 5) is 22.3. The first-order chi connectivity index (χ1) is 9.78. The van der Waals surface area contributed by atoms with Crippen molar-refractivity contribution in [2.75, 3.05) is 12.3 Å². The second-order valence-electron chi connectivity index (χ2n) is 4.26. The maximum atomic E-state index is 11.9. The van der Waals surface area contributed by atoms with E-state index in [0.29, 0.717) is 0 Å². The lowest BCUT2D eigenvalue weighted by atomic mass is 9.99. The number of carboxylic acid groups (broad SMARTS) is 1. The van der Waals surface area contributed by atoms with E-state index in [4.69, 9.17) is 5.11 Å². The van der Waals surface area contributed by atoms with Gasteiger partial charge in [-0.15, -0.1) is 0 Å². The number of carbonyl (C=O) groups is 2. The second kappa shape index (κ2) is 7.92. The van der Waals surface area contributed by atoms with Crippen molar-refractivity contribution >= 4 is 23.6 Å². The minimum Gasteiger partial charge on any atom is -0.481 e. The van der Waals surface area contributed by atoms with Gasteiger partial charge in [-0.2, -0.15) is 13.2 Å². The zero-order chi connectivity index (χ0) is 15.9. The first-order valence-electron chi connectivity index (χ1n) is 6.02. The van der Waals surface area contributed by atoms with E-state index in [-0.39, 0.29) is 13.0 Å². The Hall–Kier alpha value is -1.70. The highest BCUT2D eigenvalue weighted by Crippen LogP contribution is 2.29. The number of benzene rings is 1. The van der Waals surface area contributed by atoms with E-state index in [1.165, 1.54) is 0 Å². The molecular weight excluding hydrogens is 307 g/mol. The lowest BCUT2D eigenvalue weighted by Gasteiger charge is -2.13. The van der Waals surface area contributed by atoms with Crippen LogP contribution in [0.25, 0.3) is 0 Å². The van der Waals surface area contributed by atoms with Crippen molar-refractivity contribution in [1.82, 2.24) is 5.32 Å². The van der Waals surface area contributed by atoms with Crippen molar-refractivity contribution < 1.29 is 27.9 Å². The SMILES string of the molecule is O=C(CSC(F)(F)F)NCC(Cc1ccccc1)C(=O)O. The number of halogens is 3. The van der Waals surface area contributed by atoms with Crippen LogP contribution in [0.4, 0.5) is 13.2 Å². The Morgan fingerprint density at radius 2 is 1.86 bits per heavy atom. The molecule has 0 aliphatic rings. The second-order valence-corrected chi connectivity index (χ2v) is 5.30. The fraction of sp³-hybridized carbons (Fsp3) is 0.385. The molecule has 0 heterocycles. The number of amides is 1. The van der Waals surface area contributed by atoms with Crippen LogP contribution in [0, 0.1) is 5.92 Å². The molecule has 0 fully saturated rings. The summed E-state index contributed by atoms with van der Waals surface area (Å²) in [5, 5.41) is 11.3. The van der Waals surface area contributed by atoms with E-state index in [2.05, 4.69) is 5.32 Å². The van der Waals surface area contributed by atoms with Gasteiger partial charge in [0.15, 0.2) is 0 Å². The molecule has 116 valence electrons. The van der Waals surface area contributed by atoms with Gasteiger partial charge in [-0.1, -0.05) is 30.3 Å². The molecule has 0 saturated heterocycles. The molecule has 0 radical (unpaired) electrons. The molecule has 2 N–H and O–H groups in total. The van der Waals surface area contributed by atoms with Crippen LogP contribution in [0.3, 0.4) is 0 Å². The van der Waals surface area contributed by atoms with Crippen molar-refractivity contribution in [2.24, 2.45) is 5.92 Å². The van der Waals surface area contributed by atoms with E-state index in [1.54, 1.807) is 30.3 Å². The first-order valence-corrected chi connectivity index (χ1v) is 7.00. The summed E-state index contributed by atoms with van der Waals surface area (Å²) in [5.74, 6) is -3.60. The maximum absolute atomic E-state index is 11.9. The van der Waals surface area contributed by atoms with E-state index in [9.17, 15) is 22.8 Å². The van der Waals surface area contributed by atoms with Crippen LogP contribution in [0.2, 0.25) is 0 Å². The average Bonchev–Trinajstić information content (AvgIpc) is 2.41. The summed E-state index contributed by atoms with van der Waals surface area (Å²) in [7, 11) is 0. The summed E-state index contributed by atoms with van der Waals surface area (Å²) >= 11 is -0.454. The third-order valence-corrected chi connectivity index (χ3v) is 3.32. The quantitative estimate of drug-likeness (QED) is 0.809. The van der Waals surface area contributed by atoms with Crippen molar-refractivity contribution in [2.45, 2.75) is 11.9 Å². The molecule has 1 unspecified atom stereocenters. The Morgan fingerprint density at radius 3 is 2.38 bits per heavy atom. The van der Waals surface area contributed by atoms with Gasteiger partial charge in [0, 0.05) is 6.54 Å². The van der Waals surface area contributed by atoms with Crippen LogP contribution >= 0.6 is 11.8 Å². The Morgan fingerprint density at radius 1 is 1.24 bits per heavy atom. The molecule has 0 saturated carbocycles. The van der Waals surface area contributed by atoms with Gasteiger partial charge in [0.25, 0.3) is 0 Å². The van der Waals surface area contributed by atoms with Gasteiger partial charge in [-0.3, -0.25) is 9.59 Å². The van der Waals surface area contributed by atoms with Crippen LogP contribution in [0.5, 0.6) is 0 Å². The van der Waals surface area contributed by atoms with Gasteiger partial charge in [-0.25, -0.2) is 0 Å². The summed E-state index contributed by atoms with van der Waals surface area (Å²) in [5.41, 5.74) is -3.70. The fourth-order valence-corrected chi connectivity index (χ4v) is 1.98. The summed E-state index contributed by atoms with van der Waals surface area (Å²) in [6.07, 6.45) is 0.197. The Labute approximate surface area is 123 Å². The summed E-state index contributed by atoms with van der Waals surface area (Å²) in [6.45, 7) is -0.207. The lowest BCUT2D eigenvalue weighted by molar-refractivity contribution is -0.141. The van der Waals surface area contributed by atoms with Crippen molar-refractivity contribution in [3.63, 3.8) is 0 Å². The molecule has 0 bridgehead atoms. The zero-order valence-electron chi connectivity index (χ0n) is 10.9. The number of hydrogen-bond acceptors (Lipinski definition) is 3. The van der Waals surface area contributed by atoms with E-state index in [0.717, 1.165) is 5.56 Å². The van der Waals surface area contributed by atoms with E-state index in [1.807, 2.05) is 0 Å². The molecule has 1 rings (SSSR count). The fourth-order valence-electron chi connectivity index (χ4n) is 1.58. The predicted molar refractivity (Wildman–Crippen MR) is 72.8 cm³/mol. The number of aliphatic carboxylic acids is 1. The topological polar surface area (TPSA) is 66.4 Å². The maximum Gasteiger partial charge on any atom is 0.442 e. The van der Waals surface area contributed by atoms with Crippen molar-refractivity contribution in [1.29, 1.82) is 0 Å². The molecule has 1 atom stereocenters. The molecule has 0 spiro atoms. The van der Waals surface area contributed by atoms with E-state index < -0.39 is 40.8 Å². The highest BCUT2D eigenvalue weighted by Gasteiger charge is 2.29. The van der Waals surface area contributed by atoms with E-state index >= 15 is 0 Å². The molecule has 4 nitrogen and oxygen atoms in total. The van der Waals surface area contributed by atoms with Crippen LogP contribution in [-0.4, -0.2) is 34.8 Å². The third kappa shape index (κ3) is 7.60. The molecule has 0 aromatic heterocycles. The van der Waals surface area contributed by atoms with Gasteiger partial charge < -0.3 is 10.4 Å². The summed E-state index contributed by atoms with van der Waals surface area (Å²) in [6, 6.07) is 8.80. The predicted octanol–water partition coefficient (Wildman–Crippen LogP) is 2.30. The lowest BCUT2D eigenvalue weighted by Crippen LogP contribution is -2.35. The molecule has 1 amide bonds. The van der Waals surface area contributed by atoms with Gasteiger partial charge in [-0.05, 0) is 23.7 Å². The van der Waals surface area contributed by atoms with Gasteiger partial charge in [0.1, 0.15) is 0 Å². The standard InChI is InChI=1S/C13H14F3NO3S/c14-13(15,16)21-8-11(18)17-7-10(12(19)20)6-9-4-2-1-3-5-9/h1-5,10H,6-8H2,(H,17,18)(H,19,20). The van der Waals surface area contributed by atoms with Gasteiger partial charge in [0.2, 0.25) is 5.91 Å². The number of hydrogen-bond donors (Lipinski definition) is 2. The normalized spacial score (nSPS) is 12.7. The van der Waals surface area contributed by atoms with Crippen molar-refractivity contribution in [3.05, 3.63) is 35.9 Å². The number of carboxylic acids is 1. The number of alkyl halides is 3. The van der Waals surface area contributed by atoms with Crippen molar-refractivity contribution in [3.8, 4) is 0 Å². The smallest absolute Gasteiger partial charge is 0.442 e. The van der Waals surface area contributed by atoms with Crippen LogP contribution in [0.15, 0.2) is 30.3 Å². The molecule has 21 heavy (non-hydrogen) atoms. The largest absolute Gasteiger partial charge is 0.481 e. The van der Waals surface area contributed by atoms with Crippen LogP contribution in [0.1, 0.15) is 5.56 Å². The molecule has 8 heteroatoms. The number of rotatable bonds is 7. The molecule has 1 aromatic carbocycles. The highest BCUT2D eigenvalue weighted by molar-refractivity contribution is 8.00. The Bertz CT molecular complexity index is 479. The molecular formula is C13H14F3NO3S. The number of carbonyl (C=O) groups excluding carboxylic acids is 1. The van der Waals surface area contributed by atoms with Crippen LogP contribution in [-0.2, 0) is 16.0 Å². The molecule has 1 aromatic rings. The third-order valence-electron chi connectivity index (χ3n) is 2.59. The Kier molecular flexibility index (Phi) is 6.54. The Balaban J connectivity index is 2.45. The summed E-state index contributed by atoms with van der Waals surface area (Å²) < 4.78 is 35.8. The monoisotopic (exact) mass is 321 g/mol. The van der Waals surface area contributed by atoms with Gasteiger partial charge >= 0.3 is 11.5 Å². The highest BCUT2D eigenvalue weighted by atomic mass is 32.2. The number of thioether (sulfide) groups is 1. The van der Waals surface area contributed by atoms with Crippen LogP contribution < -0.4 is 5.32 Å². The average molecular weight is 321 g/mol. The zero-order valence-corrected chi connectivity index (χ0v) is 11.7. The first kappa shape index (κ1) is 17.4. The molecule has 0 aliphatic carbocycles. The van der Waals surface area contributed by atoms with Gasteiger partial charge in [0.05, 0.1) is 11.7 Å².